The predicted molar refractivity (Wildman–Crippen MR) is 106 cm³/mol. The molecule has 1 saturated heterocycles. The van der Waals surface area contributed by atoms with E-state index in [2.05, 4.69) is 5.32 Å². The summed E-state index contributed by atoms with van der Waals surface area (Å²) in [7, 11) is 1.54. The van der Waals surface area contributed by atoms with Crippen molar-refractivity contribution >= 4 is 29.1 Å². The normalized spacial score (nSPS) is 16.7. The Morgan fingerprint density at radius 2 is 2.04 bits per heavy atom. The first-order chi connectivity index (χ1) is 13.0. The molecule has 5 nitrogen and oxygen atoms in total. The van der Waals surface area contributed by atoms with E-state index in [1.165, 1.54) is 0 Å². The molecular formula is C21H23ClN2O3. The molecule has 2 aromatic rings. The fourth-order valence-electron chi connectivity index (χ4n) is 3.32. The van der Waals surface area contributed by atoms with Crippen LogP contribution in [0.3, 0.4) is 0 Å². The molecule has 2 amide bonds. The van der Waals surface area contributed by atoms with Crippen LogP contribution in [-0.4, -0.2) is 36.9 Å². The summed E-state index contributed by atoms with van der Waals surface area (Å²) in [5.74, 6) is 0.192. The Hall–Kier alpha value is -2.53. The maximum absolute atomic E-state index is 12.8. The molecule has 1 unspecified atom stereocenters. The number of ether oxygens (including phenoxy) is 1. The number of nitrogens with one attached hydrogen (secondary N) is 1. The zero-order valence-electron chi connectivity index (χ0n) is 15.5. The molecular weight excluding hydrogens is 364 g/mol. The van der Waals surface area contributed by atoms with Crippen molar-refractivity contribution in [3.05, 3.63) is 58.6 Å². The van der Waals surface area contributed by atoms with Crippen molar-refractivity contribution in [1.82, 2.24) is 4.90 Å². The molecule has 0 bridgehead atoms. The molecule has 1 atom stereocenters. The number of hydrogen-bond donors (Lipinski definition) is 1. The highest BCUT2D eigenvalue weighted by Gasteiger charge is 2.29. The van der Waals surface area contributed by atoms with E-state index in [9.17, 15) is 9.59 Å². The molecule has 0 aromatic heterocycles. The fourth-order valence-corrected chi connectivity index (χ4v) is 3.58. The van der Waals surface area contributed by atoms with Crippen LogP contribution in [0.1, 0.15) is 28.8 Å². The second-order valence-electron chi connectivity index (χ2n) is 6.80. The Labute approximate surface area is 164 Å². The van der Waals surface area contributed by atoms with Crippen molar-refractivity contribution in [3.8, 4) is 5.75 Å². The quantitative estimate of drug-likeness (QED) is 0.858. The van der Waals surface area contributed by atoms with Crippen LogP contribution in [0.2, 0.25) is 5.02 Å². The van der Waals surface area contributed by atoms with E-state index >= 15 is 0 Å². The van der Waals surface area contributed by atoms with Crippen LogP contribution in [0, 0.1) is 12.8 Å². The number of aryl methyl sites for hydroxylation is 1. The second kappa shape index (κ2) is 8.44. The van der Waals surface area contributed by atoms with Gasteiger partial charge in [0.1, 0.15) is 5.75 Å². The maximum atomic E-state index is 12.8. The highest BCUT2D eigenvalue weighted by molar-refractivity contribution is 6.32. The van der Waals surface area contributed by atoms with Gasteiger partial charge in [-0.3, -0.25) is 9.59 Å². The number of nitrogens with zero attached hydrogens (tertiary/aromatic N) is 1. The lowest BCUT2D eigenvalue weighted by Gasteiger charge is -2.32. The van der Waals surface area contributed by atoms with Gasteiger partial charge in [-0.15, -0.1) is 0 Å². The van der Waals surface area contributed by atoms with Gasteiger partial charge in [0.25, 0.3) is 5.91 Å². The SMILES string of the molecule is COc1ccc(NC(=O)C2CCCN(C(=O)c3cccc(C)c3)C2)cc1Cl. The lowest BCUT2D eigenvalue weighted by atomic mass is 9.96. The van der Waals surface area contributed by atoms with Crippen LogP contribution < -0.4 is 10.1 Å². The van der Waals surface area contributed by atoms with Gasteiger partial charge in [0.15, 0.2) is 0 Å². The first kappa shape index (κ1) is 19.2. The third-order valence-electron chi connectivity index (χ3n) is 4.76. The average molecular weight is 387 g/mol. The minimum absolute atomic E-state index is 0.0244. The van der Waals surface area contributed by atoms with Crippen LogP contribution in [0.25, 0.3) is 0 Å². The molecule has 1 aliphatic rings. The number of piperidine rings is 1. The summed E-state index contributed by atoms with van der Waals surface area (Å²) in [6, 6.07) is 12.7. The first-order valence-electron chi connectivity index (χ1n) is 8.98. The van der Waals surface area contributed by atoms with Gasteiger partial charge in [-0.25, -0.2) is 0 Å². The van der Waals surface area contributed by atoms with E-state index < -0.39 is 0 Å². The topological polar surface area (TPSA) is 58.6 Å². The summed E-state index contributed by atoms with van der Waals surface area (Å²) < 4.78 is 5.12. The van der Waals surface area contributed by atoms with Crippen molar-refractivity contribution in [2.45, 2.75) is 19.8 Å². The smallest absolute Gasteiger partial charge is 0.253 e. The highest BCUT2D eigenvalue weighted by atomic mass is 35.5. The Bertz CT molecular complexity index is 853. The summed E-state index contributed by atoms with van der Waals surface area (Å²) in [6.45, 7) is 3.05. The molecule has 27 heavy (non-hydrogen) atoms. The molecule has 0 saturated carbocycles. The van der Waals surface area contributed by atoms with Crippen LogP contribution >= 0.6 is 11.6 Å². The van der Waals surface area contributed by atoms with E-state index in [-0.39, 0.29) is 17.7 Å². The lowest BCUT2D eigenvalue weighted by Crippen LogP contribution is -2.43. The predicted octanol–water partition coefficient (Wildman–Crippen LogP) is 4.15. The molecule has 2 aromatic carbocycles. The number of methoxy groups -OCH3 is 1. The molecule has 0 aliphatic carbocycles. The minimum atomic E-state index is -0.242. The van der Waals surface area contributed by atoms with Gasteiger partial charge >= 0.3 is 0 Å². The Kier molecular flexibility index (Phi) is 6.01. The number of halogens is 1. The third-order valence-corrected chi connectivity index (χ3v) is 5.06. The summed E-state index contributed by atoms with van der Waals surface area (Å²) in [4.78, 5) is 27.2. The standard InChI is InChI=1S/C21H23ClN2O3/c1-14-5-3-6-15(11-14)21(26)24-10-4-7-16(13-24)20(25)23-17-8-9-19(27-2)18(22)12-17/h3,5-6,8-9,11-12,16H,4,7,10,13H2,1-2H3,(H,23,25). The monoisotopic (exact) mass is 386 g/mol. The van der Waals surface area contributed by atoms with Gasteiger partial charge in [-0.1, -0.05) is 29.3 Å². The van der Waals surface area contributed by atoms with Crippen molar-refractivity contribution in [2.24, 2.45) is 5.92 Å². The number of rotatable bonds is 4. The molecule has 1 aliphatic heterocycles. The van der Waals surface area contributed by atoms with E-state index in [1.807, 2.05) is 31.2 Å². The summed E-state index contributed by atoms with van der Waals surface area (Å²) in [5, 5.41) is 3.34. The molecule has 1 heterocycles. The number of carbonyl (C=O) groups excluding carboxylic acids is 2. The molecule has 1 N–H and O–H groups in total. The summed E-state index contributed by atoms with van der Waals surface area (Å²) in [5.41, 5.74) is 2.33. The average Bonchev–Trinajstić information content (AvgIpc) is 2.67. The van der Waals surface area contributed by atoms with Crippen molar-refractivity contribution in [1.29, 1.82) is 0 Å². The highest BCUT2D eigenvalue weighted by Crippen LogP contribution is 2.28. The minimum Gasteiger partial charge on any atom is -0.495 e. The first-order valence-corrected chi connectivity index (χ1v) is 9.36. The van der Waals surface area contributed by atoms with Gasteiger partial charge in [0.05, 0.1) is 18.1 Å². The van der Waals surface area contributed by atoms with E-state index in [0.29, 0.717) is 35.1 Å². The maximum Gasteiger partial charge on any atom is 0.253 e. The molecule has 0 spiro atoms. The third kappa shape index (κ3) is 4.61. The number of benzene rings is 2. The van der Waals surface area contributed by atoms with Gasteiger partial charge in [-0.2, -0.15) is 0 Å². The number of hydrogen-bond acceptors (Lipinski definition) is 3. The van der Waals surface area contributed by atoms with Crippen molar-refractivity contribution < 1.29 is 14.3 Å². The van der Waals surface area contributed by atoms with E-state index in [1.54, 1.807) is 30.2 Å². The van der Waals surface area contributed by atoms with Crippen LogP contribution in [0.4, 0.5) is 5.69 Å². The van der Waals surface area contributed by atoms with Crippen LogP contribution in [-0.2, 0) is 4.79 Å². The van der Waals surface area contributed by atoms with Crippen molar-refractivity contribution in [2.75, 3.05) is 25.5 Å². The lowest BCUT2D eigenvalue weighted by molar-refractivity contribution is -0.121. The summed E-state index contributed by atoms with van der Waals surface area (Å²) in [6.07, 6.45) is 1.56. The Morgan fingerprint density at radius 3 is 2.74 bits per heavy atom. The molecule has 142 valence electrons. The van der Waals surface area contributed by atoms with Crippen LogP contribution in [0.5, 0.6) is 5.75 Å². The Morgan fingerprint density at radius 1 is 1.22 bits per heavy atom. The second-order valence-corrected chi connectivity index (χ2v) is 7.21. The zero-order chi connectivity index (χ0) is 19.4. The van der Waals surface area contributed by atoms with Gasteiger partial charge in [0.2, 0.25) is 5.91 Å². The summed E-state index contributed by atoms with van der Waals surface area (Å²) >= 11 is 6.11. The fraction of sp³-hybridized carbons (Fsp3) is 0.333. The molecule has 0 radical (unpaired) electrons. The van der Waals surface area contributed by atoms with E-state index in [0.717, 1.165) is 18.4 Å². The number of likely N-dealkylation sites (tertiary alicyclic amines) is 1. The van der Waals surface area contributed by atoms with Gasteiger partial charge in [0, 0.05) is 24.3 Å². The molecule has 3 rings (SSSR count). The van der Waals surface area contributed by atoms with Crippen molar-refractivity contribution in [3.63, 3.8) is 0 Å². The largest absolute Gasteiger partial charge is 0.495 e. The molecule has 1 fully saturated rings. The number of amides is 2. The van der Waals surface area contributed by atoms with Gasteiger partial charge < -0.3 is 15.0 Å². The zero-order valence-corrected chi connectivity index (χ0v) is 16.3. The van der Waals surface area contributed by atoms with E-state index in [4.69, 9.17) is 16.3 Å². The van der Waals surface area contributed by atoms with Crippen LogP contribution in [0.15, 0.2) is 42.5 Å². The number of carbonyl (C=O) groups is 2. The van der Waals surface area contributed by atoms with Gasteiger partial charge in [-0.05, 0) is 50.1 Å². The Balaban J connectivity index is 1.66. The number of anilines is 1. The molecule has 6 heteroatoms.